The Balaban J connectivity index is 1.96. The van der Waals surface area contributed by atoms with Crippen LogP contribution in [0.25, 0.3) is 0 Å². The van der Waals surface area contributed by atoms with Crippen LogP contribution in [0.15, 0.2) is 18.7 Å². The molecule has 0 radical (unpaired) electrons. The maximum absolute atomic E-state index is 3.05. The molecular weight excluding hydrogens is 160 g/mol. The van der Waals surface area contributed by atoms with Crippen LogP contribution in [0.5, 0.6) is 0 Å². The summed E-state index contributed by atoms with van der Waals surface area (Å²) in [5, 5.41) is 0. The average molecular weight is 181 g/mol. The van der Waals surface area contributed by atoms with Crippen molar-refractivity contribution in [2.24, 2.45) is 5.92 Å². The predicted octanol–water partition coefficient (Wildman–Crippen LogP) is 2.52. The largest absolute Gasteiger partial charge is 0.250 e. The van der Waals surface area contributed by atoms with Gasteiger partial charge in [-0.1, -0.05) is 26.7 Å². The van der Waals surface area contributed by atoms with Gasteiger partial charge in [-0.25, -0.2) is 4.57 Å². The Morgan fingerprint density at radius 1 is 1.23 bits per heavy atom. The Bertz CT molecular complexity index is 202. The molecule has 0 aromatic carbocycles. The van der Waals surface area contributed by atoms with E-state index in [1.807, 2.05) is 12.5 Å². The summed E-state index contributed by atoms with van der Waals surface area (Å²) < 4.78 is 2.20. The van der Waals surface area contributed by atoms with Crippen molar-refractivity contribution in [1.82, 2.24) is 4.98 Å². The van der Waals surface area contributed by atoms with Crippen molar-refractivity contribution in [2.75, 3.05) is 0 Å². The van der Waals surface area contributed by atoms with Gasteiger partial charge in [-0.15, -0.1) is 0 Å². The van der Waals surface area contributed by atoms with Crippen LogP contribution in [0, 0.1) is 5.92 Å². The van der Waals surface area contributed by atoms with Crippen LogP contribution >= 0.6 is 0 Å². The number of hydrogen-bond donors (Lipinski definition) is 1. The van der Waals surface area contributed by atoms with Crippen LogP contribution in [0.2, 0.25) is 0 Å². The highest BCUT2D eigenvalue weighted by atomic mass is 15.0. The molecule has 0 atom stereocenters. The molecule has 0 aliphatic carbocycles. The summed E-state index contributed by atoms with van der Waals surface area (Å²) in [6.07, 6.45) is 11.5. The predicted molar refractivity (Wildman–Crippen MR) is 54.3 cm³/mol. The lowest BCUT2D eigenvalue weighted by Gasteiger charge is -2.02. The quantitative estimate of drug-likeness (QED) is 0.514. The molecule has 0 fully saturated rings. The monoisotopic (exact) mass is 181 g/mol. The number of aromatic amines is 1. The summed E-state index contributed by atoms with van der Waals surface area (Å²) in [5.41, 5.74) is 0. The van der Waals surface area contributed by atoms with E-state index in [-0.39, 0.29) is 0 Å². The van der Waals surface area contributed by atoms with E-state index >= 15 is 0 Å². The van der Waals surface area contributed by atoms with Crippen molar-refractivity contribution in [3.63, 3.8) is 0 Å². The first-order valence-corrected chi connectivity index (χ1v) is 5.31. The molecule has 1 heterocycles. The van der Waals surface area contributed by atoms with Gasteiger partial charge in [0.25, 0.3) is 0 Å². The molecule has 1 aromatic heterocycles. The third-order valence-corrected chi connectivity index (χ3v) is 2.30. The minimum Gasteiger partial charge on any atom is -0.250 e. The minimum atomic E-state index is 0.861. The highest BCUT2D eigenvalue weighted by Crippen LogP contribution is 2.07. The number of nitrogens with zero attached hydrogens (tertiary/aromatic N) is 1. The third kappa shape index (κ3) is 4.71. The fraction of sp³-hybridized carbons (Fsp3) is 0.727. The van der Waals surface area contributed by atoms with Crippen molar-refractivity contribution in [2.45, 2.75) is 46.1 Å². The van der Waals surface area contributed by atoms with Crippen molar-refractivity contribution >= 4 is 0 Å². The van der Waals surface area contributed by atoms with Gasteiger partial charge in [0.2, 0.25) is 6.33 Å². The molecule has 0 spiro atoms. The van der Waals surface area contributed by atoms with Crippen LogP contribution < -0.4 is 4.57 Å². The second kappa shape index (κ2) is 5.79. The summed E-state index contributed by atoms with van der Waals surface area (Å²) in [4.78, 5) is 3.05. The molecule has 1 N–H and O–H groups in total. The van der Waals surface area contributed by atoms with E-state index in [0.717, 1.165) is 12.5 Å². The topological polar surface area (TPSA) is 19.7 Å². The van der Waals surface area contributed by atoms with Crippen LogP contribution in [0.4, 0.5) is 0 Å². The van der Waals surface area contributed by atoms with Crippen molar-refractivity contribution < 1.29 is 4.57 Å². The van der Waals surface area contributed by atoms with Crippen LogP contribution in [0.3, 0.4) is 0 Å². The highest BCUT2D eigenvalue weighted by molar-refractivity contribution is 4.55. The molecule has 0 saturated carbocycles. The van der Waals surface area contributed by atoms with E-state index < -0.39 is 0 Å². The maximum atomic E-state index is 3.05. The van der Waals surface area contributed by atoms with Gasteiger partial charge in [0.15, 0.2) is 0 Å². The summed E-state index contributed by atoms with van der Waals surface area (Å²) in [7, 11) is 0. The van der Waals surface area contributed by atoms with Crippen LogP contribution in [-0.4, -0.2) is 4.98 Å². The van der Waals surface area contributed by atoms with Gasteiger partial charge < -0.3 is 0 Å². The average Bonchev–Trinajstić information content (AvgIpc) is 2.55. The Hall–Kier alpha value is -0.790. The fourth-order valence-electron chi connectivity index (χ4n) is 1.48. The number of rotatable bonds is 6. The number of H-pyrrole nitrogens is 1. The molecule has 0 aliphatic rings. The lowest BCUT2D eigenvalue weighted by atomic mass is 10.1. The number of aryl methyl sites for hydroxylation is 1. The first-order chi connectivity index (χ1) is 6.29. The zero-order valence-corrected chi connectivity index (χ0v) is 8.79. The second-order valence-corrected chi connectivity index (χ2v) is 4.09. The number of imidazole rings is 1. The van der Waals surface area contributed by atoms with Gasteiger partial charge in [-0.2, -0.15) is 0 Å². The number of unbranched alkanes of at least 4 members (excludes halogenated alkanes) is 2. The molecule has 0 bridgehead atoms. The summed E-state index contributed by atoms with van der Waals surface area (Å²) in [6, 6.07) is 0. The molecule has 2 heteroatoms. The van der Waals surface area contributed by atoms with Gasteiger partial charge in [0.1, 0.15) is 12.4 Å². The van der Waals surface area contributed by atoms with Gasteiger partial charge in [-0.05, 0) is 18.8 Å². The minimum absolute atomic E-state index is 0.861. The molecule has 2 nitrogen and oxygen atoms in total. The van der Waals surface area contributed by atoms with Gasteiger partial charge in [0, 0.05) is 0 Å². The van der Waals surface area contributed by atoms with Gasteiger partial charge in [0.05, 0.1) is 6.54 Å². The first-order valence-electron chi connectivity index (χ1n) is 5.31. The van der Waals surface area contributed by atoms with Gasteiger partial charge >= 0.3 is 0 Å². The Morgan fingerprint density at radius 2 is 2.08 bits per heavy atom. The van der Waals surface area contributed by atoms with Gasteiger partial charge in [-0.3, -0.25) is 4.98 Å². The highest BCUT2D eigenvalue weighted by Gasteiger charge is 1.97. The number of nitrogens with one attached hydrogen (secondary N) is 1. The fourth-order valence-corrected chi connectivity index (χ4v) is 1.48. The Labute approximate surface area is 81.0 Å². The maximum Gasteiger partial charge on any atom is 0.241 e. The molecule has 0 aliphatic heterocycles. The van der Waals surface area contributed by atoms with Crippen LogP contribution in [-0.2, 0) is 6.54 Å². The smallest absolute Gasteiger partial charge is 0.241 e. The zero-order chi connectivity index (χ0) is 9.52. The van der Waals surface area contributed by atoms with E-state index in [1.54, 1.807) is 0 Å². The Kier molecular flexibility index (Phi) is 4.58. The van der Waals surface area contributed by atoms with E-state index in [0.29, 0.717) is 0 Å². The molecule has 0 unspecified atom stereocenters. The number of hydrogen-bond acceptors (Lipinski definition) is 0. The Morgan fingerprint density at radius 3 is 2.69 bits per heavy atom. The van der Waals surface area contributed by atoms with E-state index in [1.165, 1.54) is 25.7 Å². The molecule has 74 valence electrons. The van der Waals surface area contributed by atoms with Crippen LogP contribution in [0.1, 0.15) is 39.5 Å². The standard InChI is InChI=1S/C11H20N2/c1-11(2)6-4-3-5-8-13-9-7-12-10-13/h7,9-11H,3-6,8H2,1-2H3/p+1. The molecule has 1 aromatic rings. The molecular formula is C11H21N2+. The summed E-state index contributed by atoms with van der Waals surface area (Å²) in [6.45, 7) is 5.74. The molecule has 1 rings (SSSR count). The normalized spacial score (nSPS) is 11.0. The second-order valence-electron chi connectivity index (χ2n) is 4.09. The van der Waals surface area contributed by atoms with Crippen molar-refractivity contribution in [3.8, 4) is 0 Å². The zero-order valence-electron chi connectivity index (χ0n) is 8.79. The SMILES string of the molecule is CC(C)CCCCC[n+]1cc[nH]c1. The summed E-state index contributed by atoms with van der Waals surface area (Å²) in [5.74, 6) is 0.861. The van der Waals surface area contributed by atoms with Crippen molar-refractivity contribution in [1.29, 1.82) is 0 Å². The van der Waals surface area contributed by atoms with E-state index in [4.69, 9.17) is 0 Å². The molecule has 0 amide bonds. The lowest BCUT2D eigenvalue weighted by Crippen LogP contribution is -2.30. The third-order valence-electron chi connectivity index (χ3n) is 2.30. The first kappa shape index (κ1) is 10.3. The van der Waals surface area contributed by atoms with Crippen molar-refractivity contribution in [3.05, 3.63) is 18.7 Å². The number of aromatic nitrogens is 2. The van der Waals surface area contributed by atoms with E-state index in [2.05, 4.69) is 29.6 Å². The molecule has 0 saturated heterocycles. The lowest BCUT2D eigenvalue weighted by molar-refractivity contribution is -0.696. The molecule has 13 heavy (non-hydrogen) atoms. The van der Waals surface area contributed by atoms with E-state index in [9.17, 15) is 0 Å². The summed E-state index contributed by atoms with van der Waals surface area (Å²) >= 11 is 0.